The smallest absolute Gasteiger partial charge is 0.220 e. The molecule has 17 unspecified atom stereocenters. The molecular formula is C75H137NO18. The van der Waals surface area contributed by atoms with Gasteiger partial charge < -0.3 is 89.9 Å². The van der Waals surface area contributed by atoms with Gasteiger partial charge in [0.1, 0.15) is 73.2 Å². The number of hydrogen-bond acceptors (Lipinski definition) is 18. The molecule has 19 heteroatoms. The first kappa shape index (κ1) is 86.0. The zero-order valence-electron chi connectivity index (χ0n) is 58.4. The average Bonchev–Trinajstić information content (AvgIpc) is 0.787. The minimum Gasteiger partial charge on any atom is -0.394 e. The number of carbonyl (C=O) groups excluding carboxylic acids is 1. The molecule has 3 rings (SSSR count). The van der Waals surface area contributed by atoms with Gasteiger partial charge in [0.05, 0.1) is 38.6 Å². The first-order valence-electron chi connectivity index (χ1n) is 37.9. The van der Waals surface area contributed by atoms with Crippen LogP contribution in [0.3, 0.4) is 0 Å². The molecular weight excluding hydrogens is 1200 g/mol. The number of ether oxygens (including phenoxy) is 6. The summed E-state index contributed by atoms with van der Waals surface area (Å²) < 4.78 is 34.4. The van der Waals surface area contributed by atoms with Gasteiger partial charge in [-0.1, -0.05) is 262 Å². The zero-order chi connectivity index (χ0) is 68.2. The van der Waals surface area contributed by atoms with Crippen molar-refractivity contribution in [3.8, 4) is 0 Å². The standard InChI is InChI=1S/C75H137NO18/c1-3-5-7-9-11-13-15-17-19-21-23-25-26-27-28-29-30-31-33-34-36-38-40-42-44-46-48-50-52-59(80)58(76-63(81)53-51-49-47-45-43-41-39-37-35-32-24-22-20-18-16-14-12-10-8-6-4-2)57-89-73-69(87)66(84)71(61(55-78)91-73)94-75-70(88)67(85)72(62(56-79)92-75)93-74-68(86)65(83)64(82)60(54-77)90-74/h22,24,34,36,42,44,50,52,58-62,64-75,77-80,82-88H,3-21,23,25-33,35,37-41,43,45-49,51,53-57H2,1-2H3,(H,76,81)/b24-22-,36-34+,44-42+,52-50+. The summed E-state index contributed by atoms with van der Waals surface area (Å²) in [7, 11) is 0. The zero-order valence-corrected chi connectivity index (χ0v) is 58.4. The molecule has 0 radical (unpaired) electrons. The lowest BCUT2D eigenvalue weighted by Gasteiger charge is -2.48. The first-order valence-corrected chi connectivity index (χ1v) is 37.9. The molecule has 550 valence electrons. The van der Waals surface area contributed by atoms with Crippen LogP contribution in [-0.4, -0.2) is 193 Å². The number of rotatable bonds is 59. The molecule has 0 aromatic carbocycles. The van der Waals surface area contributed by atoms with E-state index in [9.17, 15) is 61.0 Å². The average molecular weight is 1340 g/mol. The highest BCUT2D eigenvalue weighted by Gasteiger charge is 2.53. The van der Waals surface area contributed by atoms with Crippen LogP contribution in [0.2, 0.25) is 0 Å². The first-order chi connectivity index (χ1) is 45.8. The fourth-order valence-electron chi connectivity index (χ4n) is 12.7. The van der Waals surface area contributed by atoms with Gasteiger partial charge in [0.25, 0.3) is 0 Å². The van der Waals surface area contributed by atoms with Crippen LogP contribution in [0.4, 0.5) is 0 Å². The van der Waals surface area contributed by atoms with Crippen LogP contribution in [0, 0.1) is 0 Å². The highest BCUT2D eigenvalue weighted by Crippen LogP contribution is 2.33. The van der Waals surface area contributed by atoms with Crippen molar-refractivity contribution in [1.29, 1.82) is 0 Å². The number of nitrogens with one attached hydrogen (secondary N) is 1. The summed E-state index contributed by atoms with van der Waals surface area (Å²) in [5, 5.41) is 121. The highest BCUT2D eigenvalue weighted by atomic mass is 16.8. The van der Waals surface area contributed by atoms with E-state index in [0.29, 0.717) is 12.8 Å². The molecule has 0 saturated carbocycles. The molecule has 3 aliphatic heterocycles. The Labute approximate surface area is 567 Å². The van der Waals surface area contributed by atoms with E-state index in [-0.39, 0.29) is 18.9 Å². The van der Waals surface area contributed by atoms with E-state index in [1.54, 1.807) is 6.08 Å². The SMILES string of the molecule is CCCCCCCCCC/C=C\CCCCCCCCCCCC(=O)NC(COC1OC(CO)C(OC2OC(CO)C(OC3OC(CO)C(O)C(O)C3O)C(O)C2O)C(O)C1O)C(O)/C=C/CC/C=C/CC/C=C/CCCCCCCCCCCCCCCCCCCC. The van der Waals surface area contributed by atoms with Crippen LogP contribution in [0.1, 0.15) is 290 Å². The lowest BCUT2D eigenvalue weighted by atomic mass is 9.96. The Morgan fingerprint density at radius 3 is 1.06 bits per heavy atom. The third kappa shape index (κ3) is 37.3. The highest BCUT2D eigenvalue weighted by molar-refractivity contribution is 5.76. The maximum Gasteiger partial charge on any atom is 0.220 e. The molecule has 3 heterocycles. The fraction of sp³-hybridized carbons (Fsp3) is 0.880. The Balaban J connectivity index is 1.43. The fourth-order valence-corrected chi connectivity index (χ4v) is 12.7. The second kappa shape index (κ2) is 56.5. The number of allylic oxidation sites excluding steroid dienone is 7. The predicted octanol–water partition coefficient (Wildman–Crippen LogP) is 11.3. The van der Waals surface area contributed by atoms with Gasteiger partial charge in [0.2, 0.25) is 5.91 Å². The minimum atomic E-state index is -1.98. The van der Waals surface area contributed by atoms with Crippen molar-refractivity contribution >= 4 is 5.91 Å². The Kier molecular flexibility index (Phi) is 51.7. The third-order valence-corrected chi connectivity index (χ3v) is 18.8. The van der Waals surface area contributed by atoms with Gasteiger partial charge in [-0.05, 0) is 70.6 Å². The van der Waals surface area contributed by atoms with Crippen molar-refractivity contribution in [1.82, 2.24) is 5.32 Å². The van der Waals surface area contributed by atoms with Gasteiger partial charge in [-0.25, -0.2) is 0 Å². The van der Waals surface area contributed by atoms with Gasteiger partial charge in [-0.15, -0.1) is 0 Å². The van der Waals surface area contributed by atoms with Crippen molar-refractivity contribution in [3.63, 3.8) is 0 Å². The van der Waals surface area contributed by atoms with Gasteiger partial charge in [-0.3, -0.25) is 4.79 Å². The van der Waals surface area contributed by atoms with Crippen LogP contribution in [-0.2, 0) is 33.2 Å². The maximum atomic E-state index is 13.4. The predicted molar refractivity (Wildman–Crippen MR) is 369 cm³/mol. The van der Waals surface area contributed by atoms with Crippen LogP contribution in [0.25, 0.3) is 0 Å². The summed E-state index contributed by atoms with van der Waals surface area (Å²) in [6, 6.07) is -0.999. The lowest BCUT2D eigenvalue weighted by molar-refractivity contribution is -0.379. The monoisotopic (exact) mass is 1340 g/mol. The number of amides is 1. The van der Waals surface area contributed by atoms with E-state index in [1.807, 2.05) is 6.08 Å². The number of aliphatic hydroxyl groups is 11. The van der Waals surface area contributed by atoms with E-state index in [0.717, 1.165) is 57.8 Å². The van der Waals surface area contributed by atoms with Crippen molar-refractivity contribution in [2.24, 2.45) is 0 Å². The van der Waals surface area contributed by atoms with Crippen molar-refractivity contribution in [2.75, 3.05) is 26.4 Å². The molecule has 0 aromatic heterocycles. The Bertz CT molecular complexity index is 1890. The van der Waals surface area contributed by atoms with Crippen molar-refractivity contribution in [2.45, 2.75) is 394 Å². The van der Waals surface area contributed by atoms with Crippen LogP contribution in [0.5, 0.6) is 0 Å². The number of carbonyl (C=O) groups is 1. The summed E-state index contributed by atoms with van der Waals surface area (Å²) in [4.78, 5) is 13.4. The van der Waals surface area contributed by atoms with E-state index in [4.69, 9.17) is 28.4 Å². The van der Waals surface area contributed by atoms with Gasteiger partial charge >= 0.3 is 0 Å². The minimum absolute atomic E-state index is 0.230. The molecule has 3 fully saturated rings. The van der Waals surface area contributed by atoms with Crippen molar-refractivity contribution in [3.05, 3.63) is 48.6 Å². The van der Waals surface area contributed by atoms with E-state index < -0.39 is 124 Å². The molecule has 0 aromatic rings. The van der Waals surface area contributed by atoms with Gasteiger partial charge in [0.15, 0.2) is 18.9 Å². The largest absolute Gasteiger partial charge is 0.394 e. The topological polar surface area (TPSA) is 307 Å². The molecule has 12 N–H and O–H groups in total. The summed E-state index contributed by atoms with van der Waals surface area (Å²) in [6.07, 6.45) is 42.4. The van der Waals surface area contributed by atoms with E-state index >= 15 is 0 Å². The van der Waals surface area contributed by atoms with Crippen LogP contribution in [0.15, 0.2) is 48.6 Å². The summed E-state index contributed by atoms with van der Waals surface area (Å²) in [6.45, 7) is 1.74. The number of hydrogen-bond donors (Lipinski definition) is 12. The van der Waals surface area contributed by atoms with Crippen LogP contribution < -0.4 is 5.32 Å². The molecule has 17 atom stereocenters. The van der Waals surface area contributed by atoms with Gasteiger partial charge in [-0.2, -0.15) is 0 Å². The summed E-state index contributed by atoms with van der Waals surface area (Å²) in [5.74, 6) is -0.289. The molecule has 0 bridgehead atoms. The molecule has 19 nitrogen and oxygen atoms in total. The maximum absolute atomic E-state index is 13.4. The number of unbranched alkanes of at least 4 members (excludes halogenated alkanes) is 37. The Morgan fingerprint density at radius 1 is 0.372 bits per heavy atom. The third-order valence-electron chi connectivity index (χ3n) is 18.8. The van der Waals surface area contributed by atoms with E-state index in [1.165, 1.54) is 199 Å². The normalized spacial score (nSPS) is 27.6. The molecule has 94 heavy (non-hydrogen) atoms. The summed E-state index contributed by atoms with van der Waals surface area (Å²) >= 11 is 0. The molecule has 3 saturated heterocycles. The molecule has 3 aliphatic rings. The quantitative estimate of drug-likeness (QED) is 0.0199. The molecule has 0 spiro atoms. The molecule has 0 aliphatic carbocycles. The van der Waals surface area contributed by atoms with Crippen molar-refractivity contribution < 1.29 is 89.4 Å². The van der Waals surface area contributed by atoms with Gasteiger partial charge in [0, 0.05) is 6.42 Å². The van der Waals surface area contributed by atoms with E-state index in [2.05, 4.69) is 55.6 Å². The summed E-state index contributed by atoms with van der Waals surface area (Å²) in [5.41, 5.74) is 0. The second-order valence-corrected chi connectivity index (χ2v) is 27.1. The number of aliphatic hydroxyl groups excluding tert-OH is 11. The Hall–Kier alpha value is -2.25. The molecule has 1 amide bonds. The van der Waals surface area contributed by atoms with Crippen LogP contribution >= 0.6 is 0 Å². The second-order valence-electron chi connectivity index (χ2n) is 27.1. The Morgan fingerprint density at radius 2 is 0.681 bits per heavy atom. The lowest BCUT2D eigenvalue weighted by Crippen LogP contribution is -2.66.